The molecule has 7 nitrogen and oxygen atoms in total. The summed E-state index contributed by atoms with van der Waals surface area (Å²) < 4.78 is 1.69. The number of aliphatic hydroxyl groups excluding tert-OH is 1. The van der Waals surface area contributed by atoms with Gasteiger partial charge in [0.2, 0.25) is 5.95 Å². The van der Waals surface area contributed by atoms with E-state index in [1.165, 1.54) is 12.4 Å². The van der Waals surface area contributed by atoms with E-state index in [4.69, 9.17) is 4.98 Å². The summed E-state index contributed by atoms with van der Waals surface area (Å²) in [4.78, 5) is 27.7. The Labute approximate surface area is 163 Å². The molecule has 1 aliphatic heterocycles. The van der Waals surface area contributed by atoms with E-state index in [-0.39, 0.29) is 11.6 Å². The zero-order valence-corrected chi connectivity index (χ0v) is 15.8. The number of anilines is 1. The molecule has 2 atom stereocenters. The Kier molecular flexibility index (Phi) is 5.16. The fraction of sp³-hybridized carbons (Fsp3) is 0.333. The summed E-state index contributed by atoms with van der Waals surface area (Å²) in [5.74, 6) is 0.592. The van der Waals surface area contributed by atoms with Crippen molar-refractivity contribution in [2.45, 2.75) is 38.5 Å². The van der Waals surface area contributed by atoms with E-state index in [0.29, 0.717) is 30.4 Å². The van der Waals surface area contributed by atoms with Crippen LogP contribution in [0.5, 0.6) is 0 Å². The highest BCUT2D eigenvalue weighted by molar-refractivity contribution is 5.55. The molecule has 0 saturated carbocycles. The monoisotopic (exact) mass is 377 g/mol. The molecule has 144 valence electrons. The van der Waals surface area contributed by atoms with E-state index < -0.39 is 6.10 Å². The molecule has 0 bridgehead atoms. The Morgan fingerprint density at radius 1 is 1.21 bits per heavy atom. The van der Waals surface area contributed by atoms with Crippen LogP contribution in [0, 0.1) is 0 Å². The van der Waals surface area contributed by atoms with Crippen molar-refractivity contribution in [2.75, 3.05) is 11.4 Å². The van der Waals surface area contributed by atoms with Crippen molar-refractivity contribution >= 4 is 5.95 Å². The number of hydrogen-bond donors (Lipinski definition) is 1. The average molecular weight is 377 g/mol. The molecule has 1 N–H and O–H groups in total. The molecule has 1 aliphatic rings. The molecule has 2 aromatic heterocycles. The van der Waals surface area contributed by atoms with Crippen molar-refractivity contribution in [3.63, 3.8) is 0 Å². The highest BCUT2D eigenvalue weighted by Gasteiger charge is 2.29. The molecule has 0 saturated heterocycles. The Hall–Kier alpha value is -3.06. The van der Waals surface area contributed by atoms with Crippen LogP contribution in [0.15, 0.2) is 59.8 Å². The molecule has 0 amide bonds. The van der Waals surface area contributed by atoms with Crippen LogP contribution in [0.1, 0.15) is 31.4 Å². The molecule has 2 unspecified atom stereocenters. The van der Waals surface area contributed by atoms with Gasteiger partial charge < -0.3 is 10.0 Å². The number of nitrogens with zero attached hydrogens (tertiary/aromatic N) is 5. The van der Waals surface area contributed by atoms with Crippen LogP contribution in [-0.2, 0) is 6.54 Å². The van der Waals surface area contributed by atoms with Crippen molar-refractivity contribution in [1.82, 2.24) is 19.5 Å². The van der Waals surface area contributed by atoms with Gasteiger partial charge in [-0.1, -0.05) is 37.3 Å². The number of hydrogen-bond acceptors (Lipinski definition) is 6. The Bertz CT molecular complexity index is 991. The van der Waals surface area contributed by atoms with Gasteiger partial charge in [-0.05, 0) is 24.5 Å². The SMILES string of the molecule is CCC1CCn2c(nc(-c3ccncn3)cc2=O)N1CC(O)c1ccccc1. The van der Waals surface area contributed by atoms with Crippen molar-refractivity contribution in [3.05, 3.63) is 70.9 Å². The summed E-state index contributed by atoms with van der Waals surface area (Å²) >= 11 is 0. The number of rotatable bonds is 5. The van der Waals surface area contributed by atoms with Crippen molar-refractivity contribution in [1.29, 1.82) is 0 Å². The number of β-amino-alcohol motifs (C(OH)–C–C–N with tert-alkyl or cyclic N) is 1. The number of fused-ring (bicyclic) bond motifs is 1. The largest absolute Gasteiger partial charge is 0.387 e. The zero-order chi connectivity index (χ0) is 19.5. The second-order valence-corrected chi connectivity index (χ2v) is 6.96. The standard InChI is InChI=1S/C21H23N5O2/c1-2-16-9-11-25-20(28)12-18(17-8-10-22-14-23-17)24-21(25)26(16)13-19(27)15-6-4-3-5-7-15/h3-8,10,12,14,16,19,27H,2,9,11,13H2,1H3. The second kappa shape index (κ2) is 7.90. The van der Waals surface area contributed by atoms with Gasteiger partial charge in [0.05, 0.1) is 24.0 Å². The van der Waals surface area contributed by atoms with Crippen molar-refractivity contribution < 1.29 is 5.11 Å². The number of benzene rings is 1. The van der Waals surface area contributed by atoms with Gasteiger partial charge >= 0.3 is 0 Å². The lowest BCUT2D eigenvalue weighted by molar-refractivity contribution is 0.176. The topological polar surface area (TPSA) is 84.1 Å². The quantitative estimate of drug-likeness (QED) is 0.735. The minimum atomic E-state index is -0.665. The van der Waals surface area contributed by atoms with Crippen LogP contribution in [-0.4, -0.2) is 37.2 Å². The van der Waals surface area contributed by atoms with E-state index in [1.807, 2.05) is 30.3 Å². The van der Waals surface area contributed by atoms with Gasteiger partial charge in [0.15, 0.2) is 0 Å². The molecule has 0 radical (unpaired) electrons. The fourth-order valence-corrected chi connectivity index (χ4v) is 3.72. The first-order chi connectivity index (χ1) is 13.7. The van der Waals surface area contributed by atoms with Gasteiger partial charge in [-0.3, -0.25) is 9.36 Å². The van der Waals surface area contributed by atoms with Crippen LogP contribution in [0.3, 0.4) is 0 Å². The van der Waals surface area contributed by atoms with Crippen LogP contribution < -0.4 is 10.5 Å². The lowest BCUT2D eigenvalue weighted by Crippen LogP contribution is -2.47. The van der Waals surface area contributed by atoms with E-state index in [2.05, 4.69) is 21.8 Å². The summed E-state index contributed by atoms with van der Waals surface area (Å²) in [6.45, 7) is 3.12. The molecule has 1 aromatic carbocycles. The van der Waals surface area contributed by atoms with Gasteiger partial charge in [0.1, 0.15) is 6.33 Å². The maximum absolute atomic E-state index is 12.7. The minimum absolute atomic E-state index is 0.104. The van der Waals surface area contributed by atoms with Crippen molar-refractivity contribution in [2.24, 2.45) is 0 Å². The molecule has 3 heterocycles. The summed E-state index contributed by atoms with van der Waals surface area (Å²) in [6, 6.07) is 13.0. The Morgan fingerprint density at radius 2 is 2.04 bits per heavy atom. The minimum Gasteiger partial charge on any atom is -0.387 e. The van der Waals surface area contributed by atoms with Gasteiger partial charge in [-0.25, -0.2) is 15.0 Å². The first-order valence-electron chi connectivity index (χ1n) is 9.55. The highest BCUT2D eigenvalue weighted by atomic mass is 16.3. The summed E-state index contributed by atoms with van der Waals surface area (Å²) in [5.41, 5.74) is 1.88. The third kappa shape index (κ3) is 3.53. The predicted octanol–water partition coefficient (Wildman–Crippen LogP) is 2.42. The number of aromatic nitrogens is 4. The molecule has 28 heavy (non-hydrogen) atoms. The van der Waals surface area contributed by atoms with Gasteiger partial charge in [-0.15, -0.1) is 0 Å². The molecule has 3 aromatic rings. The van der Waals surface area contributed by atoms with E-state index >= 15 is 0 Å². The first kappa shape index (κ1) is 18.3. The molecular weight excluding hydrogens is 354 g/mol. The molecule has 7 heteroatoms. The van der Waals surface area contributed by atoms with Crippen LogP contribution in [0.25, 0.3) is 11.4 Å². The van der Waals surface area contributed by atoms with Gasteiger partial charge in [0.25, 0.3) is 5.56 Å². The molecule has 0 fully saturated rings. The third-order valence-corrected chi connectivity index (χ3v) is 5.24. The maximum atomic E-state index is 12.7. The zero-order valence-electron chi connectivity index (χ0n) is 15.8. The van der Waals surface area contributed by atoms with Gasteiger partial charge in [-0.2, -0.15) is 0 Å². The highest BCUT2D eigenvalue weighted by Crippen LogP contribution is 2.28. The smallest absolute Gasteiger partial charge is 0.255 e. The lowest BCUT2D eigenvalue weighted by atomic mass is 10.0. The lowest BCUT2D eigenvalue weighted by Gasteiger charge is -2.39. The third-order valence-electron chi connectivity index (χ3n) is 5.24. The summed E-state index contributed by atoms with van der Waals surface area (Å²) in [7, 11) is 0. The fourth-order valence-electron chi connectivity index (χ4n) is 3.72. The van der Waals surface area contributed by atoms with Gasteiger partial charge in [0, 0.05) is 24.8 Å². The Balaban J connectivity index is 1.74. The van der Waals surface area contributed by atoms with E-state index in [1.54, 1.807) is 16.8 Å². The van der Waals surface area contributed by atoms with Crippen LogP contribution in [0.4, 0.5) is 5.95 Å². The molecular formula is C21H23N5O2. The van der Waals surface area contributed by atoms with Crippen LogP contribution >= 0.6 is 0 Å². The molecule has 0 spiro atoms. The predicted molar refractivity (Wildman–Crippen MR) is 107 cm³/mol. The van der Waals surface area contributed by atoms with Crippen LogP contribution in [0.2, 0.25) is 0 Å². The molecule has 4 rings (SSSR count). The number of aliphatic hydroxyl groups is 1. The maximum Gasteiger partial charge on any atom is 0.255 e. The summed E-state index contributed by atoms with van der Waals surface area (Å²) in [5, 5.41) is 10.8. The second-order valence-electron chi connectivity index (χ2n) is 6.96. The Morgan fingerprint density at radius 3 is 2.75 bits per heavy atom. The normalized spacial score (nSPS) is 17.2. The molecule has 0 aliphatic carbocycles. The van der Waals surface area contributed by atoms with E-state index in [0.717, 1.165) is 18.4 Å². The first-order valence-corrected chi connectivity index (χ1v) is 9.55. The summed E-state index contributed by atoms with van der Waals surface area (Å²) in [6.07, 6.45) is 4.17. The average Bonchev–Trinajstić information content (AvgIpc) is 2.75. The van der Waals surface area contributed by atoms with E-state index in [9.17, 15) is 9.90 Å². The van der Waals surface area contributed by atoms with Crippen molar-refractivity contribution in [3.8, 4) is 11.4 Å².